The van der Waals surface area contributed by atoms with E-state index in [0.29, 0.717) is 11.7 Å². The summed E-state index contributed by atoms with van der Waals surface area (Å²) >= 11 is 1.64. The summed E-state index contributed by atoms with van der Waals surface area (Å²) in [4.78, 5) is 23.3. The van der Waals surface area contributed by atoms with Gasteiger partial charge in [0.15, 0.2) is 5.82 Å². The topological polar surface area (TPSA) is 99.8 Å². The molecule has 0 saturated heterocycles. The SMILES string of the molecule is CC1CCc2c(sc3ncn(Cc4noc(N)n4)c(=O)c23)C1. The monoisotopic (exact) mass is 317 g/mol. The first-order valence-electron chi connectivity index (χ1n) is 7.19. The molecule has 0 aromatic carbocycles. The number of rotatable bonds is 2. The summed E-state index contributed by atoms with van der Waals surface area (Å²) in [5, 5.41) is 4.48. The molecule has 0 fully saturated rings. The Kier molecular flexibility index (Phi) is 3.00. The van der Waals surface area contributed by atoms with Crippen molar-refractivity contribution in [1.82, 2.24) is 19.7 Å². The molecule has 0 aliphatic heterocycles. The highest BCUT2D eigenvalue weighted by atomic mass is 32.1. The fourth-order valence-corrected chi connectivity index (χ4v) is 4.30. The lowest BCUT2D eigenvalue weighted by atomic mass is 9.89. The molecule has 1 unspecified atom stereocenters. The van der Waals surface area contributed by atoms with Crippen LogP contribution in [0.25, 0.3) is 10.2 Å². The zero-order chi connectivity index (χ0) is 15.3. The van der Waals surface area contributed by atoms with E-state index in [-0.39, 0.29) is 18.1 Å². The largest absolute Gasteiger partial charge is 0.351 e. The zero-order valence-corrected chi connectivity index (χ0v) is 12.9. The molecule has 0 saturated carbocycles. The van der Waals surface area contributed by atoms with Crippen LogP contribution in [0.15, 0.2) is 15.6 Å². The molecule has 0 bridgehead atoms. The van der Waals surface area contributed by atoms with Crippen LogP contribution in [-0.4, -0.2) is 19.7 Å². The minimum Gasteiger partial charge on any atom is -0.351 e. The third kappa shape index (κ3) is 2.10. The molecule has 0 amide bonds. The Bertz CT molecular complexity index is 910. The van der Waals surface area contributed by atoms with Crippen molar-refractivity contribution in [2.75, 3.05) is 5.73 Å². The van der Waals surface area contributed by atoms with E-state index in [1.807, 2.05) is 0 Å². The van der Waals surface area contributed by atoms with Gasteiger partial charge >= 0.3 is 6.01 Å². The fraction of sp³-hybridized carbons (Fsp3) is 0.429. The van der Waals surface area contributed by atoms with Crippen LogP contribution < -0.4 is 11.3 Å². The number of aryl methyl sites for hydroxylation is 1. The third-order valence-electron chi connectivity index (χ3n) is 4.08. The van der Waals surface area contributed by atoms with Gasteiger partial charge in [-0.25, -0.2) is 4.98 Å². The molecule has 8 heteroatoms. The lowest BCUT2D eigenvalue weighted by molar-refractivity contribution is 0.424. The summed E-state index contributed by atoms with van der Waals surface area (Å²) in [6.45, 7) is 2.46. The highest BCUT2D eigenvalue weighted by Gasteiger charge is 2.23. The summed E-state index contributed by atoms with van der Waals surface area (Å²) in [5.41, 5.74) is 6.54. The van der Waals surface area contributed by atoms with Crippen molar-refractivity contribution in [3.05, 3.63) is 32.9 Å². The first-order valence-corrected chi connectivity index (χ1v) is 8.01. The minimum absolute atomic E-state index is 0.000938. The Morgan fingerprint density at radius 1 is 1.55 bits per heavy atom. The molecule has 22 heavy (non-hydrogen) atoms. The normalized spacial score (nSPS) is 17.8. The highest BCUT2D eigenvalue weighted by Crippen LogP contribution is 2.35. The summed E-state index contributed by atoms with van der Waals surface area (Å²) in [6.07, 6.45) is 4.65. The second kappa shape index (κ2) is 4.91. The van der Waals surface area contributed by atoms with Crippen LogP contribution in [0.1, 0.15) is 29.6 Å². The Hall–Kier alpha value is -2.22. The predicted molar refractivity (Wildman–Crippen MR) is 82.9 cm³/mol. The number of fused-ring (bicyclic) bond motifs is 3. The van der Waals surface area contributed by atoms with Crippen LogP contribution in [0, 0.1) is 5.92 Å². The molecule has 3 aromatic rings. The number of hydrogen-bond acceptors (Lipinski definition) is 7. The van der Waals surface area contributed by atoms with Gasteiger partial charge in [0, 0.05) is 4.88 Å². The number of nitrogen functional groups attached to an aromatic ring is 1. The maximum Gasteiger partial charge on any atom is 0.318 e. The molecule has 1 atom stereocenters. The van der Waals surface area contributed by atoms with Gasteiger partial charge < -0.3 is 10.3 Å². The van der Waals surface area contributed by atoms with Crippen LogP contribution in [0.4, 0.5) is 6.01 Å². The first-order chi connectivity index (χ1) is 10.6. The smallest absolute Gasteiger partial charge is 0.318 e. The van der Waals surface area contributed by atoms with E-state index >= 15 is 0 Å². The van der Waals surface area contributed by atoms with Gasteiger partial charge in [-0.15, -0.1) is 11.3 Å². The van der Waals surface area contributed by atoms with E-state index in [0.717, 1.165) is 29.5 Å². The van der Waals surface area contributed by atoms with E-state index in [4.69, 9.17) is 10.3 Å². The molecular weight excluding hydrogens is 302 g/mol. The summed E-state index contributed by atoms with van der Waals surface area (Å²) in [7, 11) is 0. The van der Waals surface area contributed by atoms with Gasteiger partial charge in [-0.05, 0) is 30.7 Å². The fourth-order valence-electron chi connectivity index (χ4n) is 2.96. The Balaban J connectivity index is 1.81. The second-order valence-electron chi connectivity index (χ2n) is 5.76. The molecular formula is C14H15N5O2S. The van der Waals surface area contributed by atoms with Crippen molar-refractivity contribution in [2.24, 2.45) is 5.92 Å². The molecule has 4 rings (SSSR count). The number of nitrogens with zero attached hydrogens (tertiary/aromatic N) is 4. The first kappa shape index (κ1) is 13.4. The summed E-state index contributed by atoms with van der Waals surface area (Å²) in [5.74, 6) is 1.04. The Labute approximate surface area is 129 Å². The number of aromatic nitrogens is 4. The average molecular weight is 317 g/mol. The lowest BCUT2D eigenvalue weighted by Crippen LogP contribution is -2.22. The predicted octanol–water partition coefficient (Wildman–Crippen LogP) is 1.60. The zero-order valence-electron chi connectivity index (χ0n) is 12.1. The van der Waals surface area contributed by atoms with Crippen LogP contribution in [0.3, 0.4) is 0 Å². The quantitative estimate of drug-likeness (QED) is 0.770. The highest BCUT2D eigenvalue weighted by molar-refractivity contribution is 7.18. The molecule has 114 valence electrons. The van der Waals surface area contributed by atoms with Gasteiger partial charge in [0.1, 0.15) is 4.83 Å². The van der Waals surface area contributed by atoms with Crippen molar-refractivity contribution in [3.8, 4) is 0 Å². The number of nitrogens with two attached hydrogens (primary N) is 1. The maximum absolute atomic E-state index is 12.8. The van der Waals surface area contributed by atoms with Crippen molar-refractivity contribution >= 4 is 27.6 Å². The Morgan fingerprint density at radius 2 is 2.41 bits per heavy atom. The number of thiophene rings is 1. The van der Waals surface area contributed by atoms with Gasteiger partial charge in [-0.3, -0.25) is 9.36 Å². The number of hydrogen-bond donors (Lipinski definition) is 1. The van der Waals surface area contributed by atoms with E-state index < -0.39 is 0 Å². The molecule has 1 aliphatic carbocycles. The van der Waals surface area contributed by atoms with Crippen LogP contribution in [0.2, 0.25) is 0 Å². The van der Waals surface area contributed by atoms with Crippen molar-refractivity contribution in [1.29, 1.82) is 0 Å². The maximum atomic E-state index is 12.8. The van der Waals surface area contributed by atoms with E-state index in [2.05, 4.69) is 22.0 Å². The molecule has 3 heterocycles. The summed E-state index contributed by atoms with van der Waals surface area (Å²) < 4.78 is 6.25. The standard InChI is InChI=1S/C14H15N5O2S/c1-7-2-3-8-9(4-7)22-12-11(8)13(20)19(6-16-12)5-10-17-14(15)21-18-10/h6-7H,2-5H2,1H3,(H2,15,17,18). The van der Waals surface area contributed by atoms with Crippen molar-refractivity contribution in [2.45, 2.75) is 32.7 Å². The van der Waals surface area contributed by atoms with Crippen LogP contribution >= 0.6 is 11.3 Å². The van der Waals surface area contributed by atoms with Crippen LogP contribution in [-0.2, 0) is 19.4 Å². The lowest BCUT2D eigenvalue weighted by Gasteiger charge is -2.17. The van der Waals surface area contributed by atoms with Gasteiger partial charge in [0.2, 0.25) is 0 Å². The van der Waals surface area contributed by atoms with Gasteiger partial charge in [0.05, 0.1) is 18.3 Å². The molecule has 0 radical (unpaired) electrons. The molecule has 3 aromatic heterocycles. The van der Waals surface area contributed by atoms with Gasteiger partial charge in [-0.2, -0.15) is 4.98 Å². The van der Waals surface area contributed by atoms with E-state index in [9.17, 15) is 4.79 Å². The average Bonchev–Trinajstić information content (AvgIpc) is 3.05. The molecule has 0 spiro atoms. The third-order valence-corrected chi connectivity index (χ3v) is 5.24. The minimum atomic E-state index is -0.0413. The van der Waals surface area contributed by atoms with Crippen molar-refractivity contribution < 1.29 is 4.52 Å². The second-order valence-corrected chi connectivity index (χ2v) is 6.84. The Morgan fingerprint density at radius 3 is 3.18 bits per heavy atom. The van der Waals surface area contributed by atoms with Gasteiger partial charge in [-0.1, -0.05) is 12.1 Å². The van der Waals surface area contributed by atoms with E-state index in [1.54, 1.807) is 17.7 Å². The summed E-state index contributed by atoms with van der Waals surface area (Å²) in [6, 6.07) is -0.000938. The molecule has 7 nitrogen and oxygen atoms in total. The number of anilines is 1. The van der Waals surface area contributed by atoms with Gasteiger partial charge in [0.25, 0.3) is 5.56 Å². The molecule has 2 N–H and O–H groups in total. The van der Waals surface area contributed by atoms with E-state index in [1.165, 1.54) is 15.0 Å². The molecule has 1 aliphatic rings. The van der Waals surface area contributed by atoms with Crippen LogP contribution in [0.5, 0.6) is 0 Å². The van der Waals surface area contributed by atoms with Crippen molar-refractivity contribution in [3.63, 3.8) is 0 Å².